The highest BCUT2D eigenvalue weighted by atomic mass is 19.4. The van der Waals surface area contributed by atoms with Gasteiger partial charge in [-0.2, -0.15) is 13.2 Å². The van der Waals surface area contributed by atoms with Crippen molar-refractivity contribution in [2.24, 2.45) is 5.73 Å². The first-order valence-electron chi connectivity index (χ1n) is 5.09. The molecule has 4 nitrogen and oxygen atoms in total. The van der Waals surface area contributed by atoms with Crippen molar-refractivity contribution in [3.8, 4) is 0 Å². The molecule has 7 heteroatoms. The quantitative estimate of drug-likeness (QED) is 0.774. The van der Waals surface area contributed by atoms with Gasteiger partial charge in [0.25, 0.3) is 0 Å². The predicted molar refractivity (Wildman–Crippen MR) is 59.7 cm³/mol. The number of carbonyl (C=O) groups excluding carboxylic acids is 1. The lowest BCUT2D eigenvalue weighted by Crippen LogP contribution is -2.38. The lowest BCUT2D eigenvalue weighted by atomic mass is 10.0. The zero-order valence-corrected chi connectivity index (χ0v) is 9.53. The third-order valence-electron chi connectivity index (χ3n) is 2.29. The summed E-state index contributed by atoms with van der Waals surface area (Å²) in [6.45, 7) is 1.31. The third kappa shape index (κ3) is 3.71. The Labute approximate surface area is 102 Å². The molecule has 1 aromatic rings. The number of aliphatic hydroxyl groups excluding tert-OH is 1. The predicted octanol–water partition coefficient (Wildman–Crippen LogP) is 1.57. The molecular weight excluding hydrogens is 249 g/mol. The van der Waals surface area contributed by atoms with E-state index in [1.54, 1.807) is 0 Å². The van der Waals surface area contributed by atoms with Crippen LogP contribution in [0.15, 0.2) is 24.3 Å². The third-order valence-corrected chi connectivity index (χ3v) is 2.29. The van der Waals surface area contributed by atoms with E-state index in [-0.39, 0.29) is 11.5 Å². The number of carbonyl (C=O) groups is 1. The number of nitrogens with one attached hydrogen (secondary N) is 1. The number of hydrogen-bond acceptors (Lipinski definition) is 3. The Morgan fingerprint density at radius 2 is 1.83 bits per heavy atom. The first-order valence-corrected chi connectivity index (χ1v) is 5.09. The van der Waals surface area contributed by atoms with Gasteiger partial charge in [0.1, 0.15) is 0 Å². The number of benzene rings is 1. The summed E-state index contributed by atoms with van der Waals surface area (Å²) in [5.41, 5.74) is 5.90. The molecule has 0 saturated carbocycles. The van der Waals surface area contributed by atoms with Gasteiger partial charge in [-0.1, -0.05) is 12.1 Å². The molecule has 0 radical (unpaired) electrons. The van der Waals surface area contributed by atoms with Crippen LogP contribution in [0.1, 0.15) is 18.5 Å². The van der Waals surface area contributed by atoms with Crippen molar-refractivity contribution in [1.29, 1.82) is 0 Å². The molecule has 0 fully saturated rings. The maximum atomic E-state index is 12.2. The van der Waals surface area contributed by atoms with Crippen molar-refractivity contribution < 1.29 is 23.1 Å². The molecule has 4 N–H and O–H groups in total. The molecule has 1 amide bonds. The Morgan fingerprint density at radius 1 is 1.33 bits per heavy atom. The molecule has 0 aliphatic heterocycles. The van der Waals surface area contributed by atoms with E-state index in [1.165, 1.54) is 31.2 Å². The van der Waals surface area contributed by atoms with Crippen LogP contribution in [0.5, 0.6) is 0 Å². The van der Waals surface area contributed by atoms with Crippen molar-refractivity contribution >= 4 is 11.6 Å². The van der Waals surface area contributed by atoms with Crippen molar-refractivity contribution in [3.05, 3.63) is 29.8 Å². The van der Waals surface area contributed by atoms with Crippen LogP contribution in [0.25, 0.3) is 0 Å². The molecule has 100 valence electrons. The highest BCUT2D eigenvalue weighted by Crippen LogP contribution is 2.29. The van der Waals surface area contributed by atoms with Crippen molar-refractivity contribution in [3.63, 3.8) is 0 Å². The van der Waals surface area contributed by atoms with E-state index < -0.39 is 18.3 Å². The van der Waals surface area contributed by atoms with Crippen molar-refractivity contribution in [2.45, 2.75) is 25.2 Å². The van der Waals surface area contributed by atoms with E-state index in [9.17, 15) is 18.0 Å². The summed E-state index contributed by atoms with van der Waals surface area (Å²) >= 11 is 0. The Kier molecular flexibility index (Phi) is 4.31. The average Bonchev–Trinajstić information content (AvgIpc) is 2.26. The zero-order chi connectivity index (χ0) is 13.9. The fourth-order valence-electron chi connectivity index (χ4n) is 1.38. The Hall–Kier alpha value is -1.60. The summed E-state index contributed by atoms with van der Waals surface area (Å²) in [5, 5.41) is 11.5. The van der Waals surface area contributed by atoms with Gasteiger partial charge in [0.2, 0.25) is 5.91 Å². The fourth-order valence-corrected chi connectivity index (χ4v) is 1.38. The Bertz CT molecular complexity index is 417. The van der Waals surface area contributed by atoms with Crippen LogP contribution < -0.4 is 11.1 Å². The number of anilines is 1. The number of alkyl halides is 3. The molecule has 0 spiro atoms. The average molecular weight is 262 g/mol. The van der Waals surface area contributed by atoms with E-state index in [0.29, 0.717) is 5.69 Å². The number of halogens is 3. The Morgan fingerprint density at radius 3 is 2.22 bits per heavy atom. The van der Waals surface area contributed by atoms with E-state index in [2.05, 4.69) is 5.32 Å². The summed E-state index contributed by atoms with van der Waals surface area (Å²) in [5.74, 6) is -0.289. The van der Waals surface area contributed by atoms with E-state index in [1.807, 2.05) is 0 Å². The normalized spacial score (nSPS) is 15.0. The van der Waals surface area contributed by atoms with E-state index >= 15 is 0 Å². The highest BCUT2D eigenvalue weighted by molar-refractivity contribution is 5.88. The lowest BCUT2D eigenvalue weighted by Gasteiger charge is -2.21. The van der Waals surface area contributed by atoms with E-state index in [4.69, 9.17) is 10.8 Å². The van der Waals surface area contributed by atoms with Crippen LogP contribution >= 0.6 is 0 Å². The molecule has 0 aliphatic carbocycles. The largest absolute Gasteiger partial charge is 0.416 e. The van der Waals surface area contributed by atoms with E-state index in [0.717, 1.165) is 0 Å². The van der Waals surface area contributed by atoms with Gasteiger partial charge in [0.15, 0.2) is 6.10 Å². The number of rotatable bonds is 3. The second-order valence-electron chi connectivity index (χ2n) is 3.82. The number of hydrogen-bond donors (Lipinski definition) is 3. The first kappa shape index (κ1) is 14.5. The van der Waals surface area contributed by atoms with Crippen LogP contribution in [0.4, 0.5) is 18.9 Å². The van der Waals surface area contributed by atoms with Crippen LogP contribution in [0.2, 0.25) is 0 Å². The molecule has 1 rings (SSSR count). The molecule has 1 aromatic carbocycles. The van der Waals surface area contributed by atoms with Crippen molar-refractivity contribution in [2.75, 3.05) is 5.32 Å². The first-order chi connectivity index (χ1) is 8.21. The van der Waals surface area contributed by atoms with Gasteiger partial charge in [-0.05, 0) is 17.7 Å². The van der Waals surface area contributed by atoms with Gasteiger partial charge in [-0.3, -0.25) is 4.79 Å². The minimum atomic E-state index is -4.77. The molecule has 0 unspecified atom stereocenters. The molecule has 0 aliphatic rings. The minimum absolute atomic E-state index is 0.133. The maximum Gasteiger partial charge on any atom is 0.416 e. The summed E-state index contributed by atoms with van der Waals surface area (Å²) in [4.78, 5) is 10.7. The monoisotopic (exact) mass is 262 g/mol. The summed E-state index contributed by atoms with van der Waals surface area (Å²) < 4.78 is 36.7. The van der Waals surface area contributed by atoms with Crippen LogP contribution in [-0.4, -0.2) is 23.3 Å². The Balaban J connectivity index is 2.82. The summed E-state index contributed by atoms with van der Waals surface area (Å²) in [7, 11) is 0. The highest BCUT2D eigenvalue weighted by Gasteiger charge is 2.42. The van der Waals surface area contributed by atoms with Crippen LogP contribution in [-0.2, 0) is 4.79 Å². The second-order valence-corrected chi connectivity index (χ2v) is 3.82. The second kappa shape index (κ2) is 5.36. The van der Waals surface area contributed by atoms with Gasteiger partial charge in [-0.15, -0.1) is 0 Å². The smallest absolute Gasteiger partial charge is 0.382 e. The lowest BCUT2D eigenvalue weighted by molar-refractivity contribution is -0.210. The van der Waals surface area contributed by atoms with Gasteiger partial charge in [0, 0.05) is 12.6 Å². The molecule has 0 bridgehead atoms. The van der Waals surface area contributed by atoms with Gasteiger partial charge in [0.05, 0.1) is 6.04 Å². The summed E-state index contributed by atoms with van der Waals surface area (Å²) in [6, 6.07) is 3.92. The molecular formula is C11H13F3N2O2. The van der Waals surface area contributed by atoms with Crippen molar-refractivity contribution in [1.82, 2.24) is 0 Å². The molecule has 0 heterocycles. The van der Waals surface area contributed by atoms with Gasteiger partial charge < -0.3 is 16.2 Å². The number of amides is 1. The minimum Gasteiger partial charge on any atom is -0.382 e. The zero-order valence-electron chi connectivity index (χ0n) is 9.53. The molecule has 0 saturated heterocycles. The SMILES string of the molecule is CC(=O)Nc1ccc([C@H](N)[C@H](O)C(F)(F)F)cc1. The van der Waals surface area contributed by atoms with Gasteiger partial charge >= 0.3 is 6.18 Å². The topological polar surface area (TPSA) is 75.4 Å². The molecule has 18 heavy (non-hydrogen) atoms. The molecule has 0 aromatic heterocycles. The van der Waals surface area contributed by atoms with Crippen LogP contribution in [0.3, 0.4) is 0 Å². The van der Waals surface area contributed by atoms with Gasteiger partial charge in [-0.25, -0.2) is 0 Å². The van der Waals surface area contributed by atoms with Crippen LogP contribution in [0, 0.1) is 0 Å². The standard InChI is InChI=1S/C11H13F3N2O2/c1-6(17)16-8-4-2-7(3-5-8)9(15)10(18)11(12,13)14/h2-5,9-10,18H,15H2,1H3,(H,16,17)/t9-,10-/m0/s1. The number of aliphatic hydroxyl groups is 1. The summed E-state index contributed by atoms with van der Waals surface area (Å²) in [6.07, 6.45) is -7.39. The maximum absolute atomic E-state index is 12.2. The fraction of sp³-hybridized carbons (Fsp3) is 0.364. The molecule has 2 atom stereocenters. The number of nitrogens with two attached hydrogens (primary N) is 1.